The van der Waals surface area contributed by atoms with Crippen molar-refractivity contribution in [2.24, 2.45) is 0 Å². The van der Waals surface area contributed by atoms with Crippen LogP contribution < -0.4 is 10.2 Å². The topological polar surface area (TPSA) is 15.3 Å². The van der Waals surface area contributed by atoms with Crippen LogP contribution in [-0.2, 0) is 6.42 Å². The maximum absolute atomic E-state index is 3.55. The highest BCUT2D eigenvalue weighted by molar-refractivity contribution is 5.57. The number of nitrogens with one attached hydrogen (secondary N) is 1. The lowest BCUT2D eigenvalue weighted by Gasteiger charge is -2.41. The second-order valence-corrected chi connectivity index (χ2v) is 6.09. The van der Waals surface area contributed by atoms with E-state index in [0.717, 1.165) is 0 Å². The third kappa shape index (κ3) is 3.17. The van der Waals surface area contributed by atoms with Crippen LogP contribution in [0.15, 0.2) is 18.2 Å². The van der Waals surface area contributed by atoms with Gasteiger partial charge in [0.15, 0.2) is 0 Å². The summed E-state index contributed by atoms with van der Waals surface area (Å²) in [5, 5.41) is 3.55. The second kappa shape index (κ2) is 7.12. The van der Waals surface area contributed by atoms with Crippen LogP contribution in [0.1, 0.15) is 50.7 Å². The molecule has 0 saturated carbocycles. The zero-order chi connectivity index (χ0) is 14.5. The van der Waals surface area contributed by atoms with Crippen molar-refractivity contribution in [3.8, 4) is 0 Å². The Morgan fingerprint density at radius 1 is 1.30 bits per heavy atom. The third-order valence-electron chi connectivity index (χ3n) is 4.64. The first-order chi connectivity index (χ1) is 9.71. The van der Waals surface area contributed by atoms with Crippen molar-refractivity contribution in [3.63, 3.8) is 0 Å². The van der Waals surface area contributed by atoms with Gasteiger partial charge in [-0.25, -0.2) is 0 Å². The Morgan fingerprint density at radius 3 is 2.75 bits per heavy atom. The predicted molar refractivity (Wildman–Crippen MR) is 88.7 cm³/mol. The smallest absolute Gasteiger partial charge is 0.0440 e. The van der Waals surface area contributed by atoms with Crippen LogP contribution in [0, 0.1) is 6.92 Å². The Hall–Kier alpha value is -1.02. The molecular weight excluding hydrogens is 244 g/mol. The number of hydrogen-bond acceptors (Lipinski definition) is 2. The Labute approximate surface area is 124 Å². The third-order valence-corrected chi connectivity index (χ3v) is 4.64. The number of fused-ring (bicyclic) bond motifs is 1. The highest BCUT2D eigenvalue weighted by Gasteiger charge is 2.28. The van der Waals surface area contributed by atoms with Crippen molar-refractivity contribution in [1.82, 2.24) is 5.32 Å². The zero-order valence-corrected chi connectivity index (χ0v) is 13.6. The van der Waals surface area contributed by atoms with Crippen molar-refractivity contribution in [2.45, 2.75) is 65.0 Å². The Kier molecular flexibility index (Phi) is 5.47. The van der Waals surface area contributed by atoms with Gasteiger partial charge < -0.3 is 10.2 Å². The molecule has 1 aliphatic rings. The molecule has 1 aromatic carbocycles. The summed E-state index contributed by atoms with van der Waals surface area (Å²) in [6.45, 7) is 8.01. The van der Waals surface area contributed by atoms with E-state index in [1.165, 1.54) is 49.9 Å². The van der Waals surface area contributed by atoms with Crippen molar-refractivity contribution in [3.05, 3.63) is 29.3 Å². The van der Waals surface area contributed by atoms with Gasteiger partial charge in [0.25, 0.3) is 0 Å². The van der Waals surface area contributed by atoms with Crippen molar-refractivity contribution < 1.29 is 0 Å². The van der Waals surface area contributed by atoms with Crippen LogP contribution in [0.25, 0.3) is 0 Å². The number of likely N-dealkylation sites (N-methyl/N-ethyl adjacent to an activating group) is 1. The minimum absolute atomic E-state index is 0.595. The Bertz CT molecular complexity index is 427. The molecule has 0 spiro atoms. The lowest BCUT2D eigenvalue weighted by atomic mass is 9.93. The number of aryl methyl sites for hydroxylation is 2. The van der Waals surface area contributed by atoms with Crippen LogP contribution in [0.4, 0.5) is 5.69 Å². The zero-order valence-electron chi connectivity index (χ0n) is 13.6. The van der Waals surface area contributed by atoms with Crippen molar-refractivity contribution in [1.29, 1.82) is 0 Å². The maximum atomic E-state index is 3.55. The molecule has 0 bridgehead atoms. The Morgan fingerprint density at radius 2 is 2.10 bits per heavy atom. The molecule has 0 radical (unpaired) electrons. The SMILES string of the molecule is CCCC(NC)C(CC)N1CCCc2cc(C)ccc21. The summed E-state index contributed by atoms with van der Waals surface area (Å²) >= 11 is 0. The van der Waals surface area contributed by atoms with E-state index in [2.05, 4.69) is 56.2 Å². The number of benzene rings is 1. The summed E-state index contributed by atoms with van der Waals surface area (Å²) < 4.78 is 0. The molecule has 2 unspecified atom stereocenters. The van der Waals surface area contributed by atoms with E-state index in [0.29, 0.717) is 12.1 Å². The molecule has 0 fully saturated rings. The molecule has 1 N–H and O–H groups in total. The first-order valence-corrected chi connectivity index (χ1v) is 8.24. The molecule has 2 heteroatoms. The van der Waals surface area contributed by atoms with E-state index >= 15 is 0 Å². The molecule has 2 rings (SSSR count). The average Bonchev–Trinajstić information content (AvgIpc) is 2.46. The average molecular weight is 274 g/mol. The molecule has 2 nitrogen and oxygen atoms in total. The van der Waals surface area contributed by atoms with Gasteiger partial charge in [0.2, 0.25) is 0 Å². The molecule has 2 atom stereocenters. The molecule has 0 amide bonds. The number of rotatable bonds is 6. The molecule has 1 aromatic rings. The number of hydrogen-bond donors (Lipinski definition) is 1. The van der Waals surface area contributed by atoms with Crippen LogP contribution in [0.3, 0.4) is 0 Å². The predicted octanol–water partition coefficient (Wildman–Crippen LogP) is 3.91. The summed E-state index contributed by atoms with van der Waals surface area (Å²) in [7, 11) is 2.11. The molecule has 0 aliphatic carbocycles. The fourth-order valence-electron chi connectivity index (χ4n) is 3.66. The van der Waals surface area contributed by atoms with Gasteiger partial charge in [0, 0.05) is 24.3 Å². The fraction of sp³-hybridized carbons (Fsp3) is 0.667. The van der Waals surface area contributed by atoms with E-state index in [1.807, 2.05) is 0 Å². The molecule has 0 saturated heterocycles. The van der Waals surface area contributed by atoms with Crippen LogP contribution >= 0.6 is 0 Å². The van der Waals surface area contributed by atoms with Gasteiger partial charge in [-0.1, -0.05) is 38.0 Å². The summed E-state index contributed by atoms with van der Waals surface area (Å²) in [5.41, 5.74) is 4.41. The fourth-order valence-corrected chi connectivity index (χ4v) is 3.66. The normalized spacial score (nSPS) is 17.7. The monoisotopic (exact) mass is 274 g/mol. The minimum atomic E-state index is 0.595. The van der Waals surface area contributed by atoms with E-state index < -0.39 is 0 Å². The highest BCUT2D eigenvalue weighted by atomic mass is 15.2. The van der Waals surface area contributed by atoms with Gasteiger partial charge in [0.05, 0.1) is 0 Å². The van der Waals surface area contributed by atoms with Gasteiger partial charge in [0.1, 0.15) is 0 Å². The number of anilines is 1. The first kappa shape index (κ1) is 15.4. The van der Waals surface area contributed by atoms with Gasteiger partial charge in [-0.2, -0.15) is 0 Å². The van der Waals surface area contributed by atoms with E-state index in [1.54, 1.807) is 5.56 Å². The van der Waals surface area contributed by atoms with Crippen LogP contribution in [0.5, 0.6) is 0 Å². The Balaban J connectivity index is 2.27. The number of nitrogens with zero attached hydrogens (tertiary/aromatic N) is 1. The standard InChI is InChI=1S/C18H30N2/c1-5-8-16(19-4)17(6-2)20-12-7-9-15-13-14(3)10-11-18(15)20/h10-11,13,16-17,19H,5-9,12H2,1-4H3. The second-order valence-electron chi connectivity index (χ2n) is 6.09. The largest absolute Gasteiger partial charge is 0.367 e. The minimum Gasteiger partial charge on any atom is -0.367 e. The van der Waals surface area contributed by atoms with E-state index in [9.17, 15) is 0 Å². The van der Waals surface area contributed by atoms with Crippen molar-refractivity contribution in [2.75, 3.05) is 18.5 Å². The lowest BCUT2D eigenvalue weighted by molar-refractivity contribution is 0.390. The van der Waals surface area contributed by atoms with E-state index in [4.69, 9.17) is 0 Å². The molecular formula is C18H30N2. The van der Waals surface area contributed by atoms with Gasteiger partial charge >= 0.3 is 0 Å². The summed E-state index contributed by atoms with van der Waals surface area (Å²) in [4.78, 5) is 2.66. The molecule has 1 aliphatic heterocycles. The van der Waals surface area contributed by atoms with Gasteiger partial charge in [-0.05, 0) is 51.3 Å². The lowest BCUT2D eigenvalue weighted by Crippen LogP contribution is -2.50. The van der Waals surface area contributed by atoms with Gasteiger partial charge in [-0.3, -0.25) is 0 Å². The van der Waals surface area contributed by atoms with Crippen LogP contribution in [-0.4, -0.2) is 25.7 Å². The molecule has 112 valence electrons. The summed E-state index contributed by atoms with van der Waals surface area (Å²) in [6, 6.07) is 8.19. The summed E-state index contributed by atoms with van der Waals surface area (Å²) in [6.07, 6.45) is 6.24. The molecule has 1 heterocycles. The first-order valence-electron chi connectivity index (χ1n) is 8.24. The van der Waals surface area contributed by atoms with Crippen LogP contribution in [0.2, 0.25) is 0 Å². The molecule has 20 heavy (non-hydrogen) atoms. The maximum Gasteiger partial charge on any atom is 0.0440 e. The van der Waals surface area contributed by atoms with Crippen molar-refractivity contribution >= 4 is 5.69 Å². The van der Waals surface area contributed by atoms with E-state index in [-0.39, 0.29) is 0 Å². The summed E-state index contributed by atoms with van der Waals surface area (Å²) in [5.74, 6) is 0. The highest BCUT2D eigenvalue weighted by Crippen LogP contribution is 2.31. The van der Waals surface area contributed by atoms with Gasteiger partial charge in [-0.15, -0.1) is 0 Å². The molecule has 0 aromatic heterocycles. The quantitative estimate of drug-likeness (QED) is 0.846.